The summed E-state index contributed by atoms with van der Waals surface area (Å²) in [5.74, 6) is -2.00. The summed E-state index contributed by atoms with van der Waals surface area (Å²) >= 11 is 0. The highest BCUT2D eigenvalue weighted by atomic mass is 28.4. The second kappa shape index (κ2) is 15.4. The Labute approximate surface area is 270 Å². The van der Waals surface area contributed by atoms with E-state index >= 15 is 0 Å². The molecule has 1 saturated carbocycles. The van der Waals surface area contributed by atoms with Gasteiger partial charge in [0.2, 0.25) is 0 Å². The van der Waals surface area contributed by atoms with Gasteiger partial charge in [-0.25, -0.2) is 4.79 Å². The first-order valence-electron chi connectivity index (χ1n) is 16.0. The predicted octanol–water partition coefficient (Wildman–Crippen LogP) is 6.92. The average molecular weight is 647 g/mol. The zero-order valence-corrected chi connectivity index (χ0v) is 29.5. The molecule has 1 aliphatic carbocycles. The average Bonchev–Trinajstić information content (AvgIpc) is 3.28. The van der Waals surface area contributed by atoms with E-state index < -0.39 is 44.3 Å². The van der Waals surface area contributed by atoms with Gasteiger partial charge < -0.3 is 33.2 Å². The summed E-state index contributed by atoms with van der Waals surface area (Å²) in [6, 6.07) is 2.90. The summed E-state index contributed by atoms with van der Waals surface area (Å²) in [5, 5.41) is 10.6. The number of hydrogen-bond donors (Lipinski definition) is 1. The zero-order chi connectivity index (χ0) is 33.6. The van der Waals surface area contributed by atoms with Crippen molar-refractivity contribution in [1.82, 2.24) is 0 Å². The second-order valence-corrected chi connectivity index (χ2v) is 18.6. The lowest BCUT2D eigenvalue weighted by atomic mass is 9.87. The fraction of sp³-hybridized carbons (Fsp3) is 0.657. The van der Waals surface area contributed by atoms with Crippen LogP contribution in [0, 0.1) is 5.92 Å². The van der Waals surface area contributed by atoms with Crippen LogP contribution in [0.1, 0.15) is 82.1 Å². The maximum Gasteiger partial charge on any atom is 0.341 e. The lowest BCUT2D eigenvalue weighted by Gasteiger charge is -2.44. The minimum absolute atomic E-state index is 0.0611. The van der Waals surface area contributed by atoms with Crippen LogP contribution >= 0.6 is 0 Å². The highest BCUT2D eigenvalue weighted by Crippen LogP contribution is 2.45. The van der Waals surface area contributed by atoms with E-state index in [4.69, 9.17) is 28.1 Å². The van der Waals surface area contributed by atoms with E-state index in [1.807, 2.05) is 6.92 Å². The van der Waals surface area contributed by atoms with Crippen molar-refractivity contribution in [2.24, 2.45) is 5.92 Å². The molecule has 1 spiro atoms. The van der Waals surface area contributed by atoms with Crippen molar-refractivity contribution in [1.29, 1.82) is 0 Å². The van der Waals surface area contributed by atoms with Gasteiger partial charge in [-0.15, -0.1) is 6.58 Å². The molecule has 1 aromatic rings. The van der Waals surface area contributed by atoms with Crippen molar-refractivity contribution < 1.29 is 42.8 Å². The Kier molecular flexibility index (Phi) is 12.6. The number of rotatable bonds is 15. The molecule has 0 bridgehead atoms. The number of ether oxygens (including phenoxy) is 5. The van der Waals surface area contributed by atoms with Gasteiger partial charge in [0.05, 0.1) is 19.3 Å². The first-order valence-corrected chi connectivity index (χ1v) is 18.9. The Bertz CT molecular complexity index is 1200. The van der Waals surface area contributed by atoms with Gasteiger partial charge >= 0.3 is 5.97 Å². The molecule has 1 N–H and O–H groups in total. The topological polar surface area (TPSA) is 110 Å². The van der Waals surface area contributed by atoms with Crippen LogP contribution in [0.3, 0.4) is 0 Å². The number of ketones is 1. The van der Waals surface area contributed by atoms with E-state index in [-0.39, 0.29) is 47.7 Å². The van der Waals surface area contributed by atoms with E-state index in [9.17, 15) is 14.7 Å². The molecule has 1 saturated heterocycles. The molecular weight excluding hydrogens is 592 g/mol. The molecule has 2 fully saturated rings. The molecule has 1 aromatic carbocycles. The van der Waals surface area contributed by atoms with Crippen LogP contribution in [0.5, 0.6) is 11.5 Å². The largest absolute Gasteiger partial charge is 0.507 e. The smallest absolute Gasteiger partial charge is 0.341 e. The molecule has 1 aliphatic heterocycles. The van der Waals surface area contributed by atoms with Crippen molar-refractivity contribution >= 4 is 20.1 Å². The van der Waals surface area contributed by atoms with Gasteiger partial charge in [-0.3, -0.25) is 4.79 Å². The molecule has 0 radical (unpaired) electrons. The fourth-order valence-electron chi connectivity index (χ4n) is 6.08. The molecular formula is C35H54O9Si. The minimum Gasteiger partial charge on any atom is -0.507 e. The number of esters is 1. The van der Waals surface area contributed by atoms with Crippen LogP contribution in [0.2, 0.25) is 18.1 Å². The molecule has 45 heavy (non-hydrogen) atoms. The van der Waals surface area contributed by atoms with Gasteiger partial charge in [0, 0.05) is 44.8 Å². The fourth-order valence-corrected chi connectivity index (χ4v) is 7.38. The van der Waals surface area contributed by atoms with E-state index in [0.29, 0.717) is 11.3 Å². The number of phenolic OH excluding ortho intramolecular Hbond substituents is 1. The summed E-state index contributed by atoms with van der Waals surface area (Å²) in [6.07, 6.45) is 6.44. The van der Waals surface area contributed by atoms with Gasteiger partial charge in [0.15, 0.2) is 14.1 Å². The highest BCUT2D eigenvalue weighted by molar-refractivity contribution is 6.74. The molecule has 0 aromatic heterocycles. The van der Waals surface area contributed by atoms with E-state index in [2.05, 4.69) is 47.0 Å². The zero-order valence-electron chi connectivity index (χ0n) is 28.5. The minimum atomic E-state index is -2.35. The van der Waals surface area contributed by atoms with Crippen LogP contribution in [0.4, 0.5) is 0 Å². The predicted molar refractivity (Wildman–Crippen MR) is 176 cm³/mol. The summed E-state index contributed by atoms with van der Waals surface area (Å²) in [5.41, 5.74) is 0.231. The standard InChI is InChI=1S/C35H54O9Si/c1-11-18-41-27-21-25(29(28(37)22-27)33(38)40-8)20-26(36)19-24(12-2)31(39-7)32(44-45(9,10)34(4,5)6)30-23(3)42-35(43-30)16-14-13-15-17-35/h11-12,21-24,30-32,37H,1-2,13-20H2,3-10H3/t23-,24-,30+,31+,32+/m1/s1. The summed E-state index contributed by atoms with van der Waals surface area (Å²) in [6.45, 7) is 20.9. The van der Waals surface area contributed by atoms with Gasteiger partial charge in [-0.05, 0) is 49.5 Å². The third-order valence-electron chi connectivity index (χ3n) is 9.49. The normalized spacial score (nSPS) is 22.0. The first-order chi connectivity index (χ1) is 21.1. The Morgan fingerprint density at radius 1 is 1.13 bits per heavy atom. The van der Waals surface area contributed by atoms with Gasteiger partial charge in [0.25, 0.3) is 0 Å². The Morgan fingerprint density at radius 2 is 1.80 bits per heavy atom. The number of benzene rings is 1. The SMILES string of the molecule is C=CCOc1cc(O)c(C(=O)OC)c(CC(=O)C[C@@H](C=C)[C@H](OC)[C@@H](O[Si](C)(C)C(C)(C)C)[C@H]2OC3(CCCCC3)O[C@@H]2C)c1. The van der Waals surface area contributed by atoms with E-state index in [1.54, 1.807) is 25.3 Å². The number of phenols is 1. The number of Topliss-reactive ketones (excluding diaryl/α,β-unsaturated/α-hetero) is 1. The number of carbonyl (C=O) groups excluding carboxylic acids is 2. The Morgan fingerprint density at radius 3 is 2.36 bits per heavy atom. The number of hydrogen-bond acceptors (Lipinski definition) is 9. The Balaban J connectivity index is 1.93. The number of methoxy groups -OCH3 is 2. The number of aromatic hydroxyl groups is 1. The molecule has 3 rings (SSSR count). The van der Waals surface area contributed by atoms with Gasteiger partial charge in [0.1, 0.15) is 41.7 Å². The second-order valence-electron chi connectivity index (χ2n) is 13.8. The maximum atomic E-state index is 13.7. The summed E-state index contributed by atoms with van der Waals surface area (Å²) in [4.78, 5) is 26.3. The van der Waals surface area contributed by atoms with Crippen LogP contribution < -0.4 is 4.74 Å². The maximum absolute atomic E-state index is 13.7. The quantitative estimate of drug-likeness (QED) is 0.123. The molecule has 1 heterocycles. The van der Waals surface area contributed by atoms with Crippen LogP contribution in [0.15, 0.2) is 37.4 Å². The van der Waals surface area contributed by atoms with E-state index in [0.717, 1.165) is 32.1 Å². The third kappa shape index (κ3) is 8.86. The van der Waals surface area contributed by atoms with Gasteiger partial charge in [-0.2, -0.15) is 0 Å². The van der Waals surface area contributed by atoms with Gasteiger partial charge in [-0.1, -0.05) is 45.9 Å². The van der Waals surface area contributed by atoms with E-state index in [1.165, 1.54) is 13.2 Å². The summed E-state index contributed by atoms with van der Waals surface area (Å²) in [7, 11) is 0.500. The lowest BCUT2D eigenvalue weighted by molar-refractivity contribution is -0.204. The molecule has 5 atom stereocenters. The molecule has 252 valence electrons. The molecule has 0 unspecified atom stereocenters. The molecule has 2 aliphatic rings. The van der Waals surface area contributed by atoms with Crippen molar-refractivity contribution in [3.63, 3.8) is 0 Å². The third-order valence-corrected chi connectivity index (χ3v) is 14.0. The summed E-state index contributed by atoms with van der Waals surface area (Å²) < 4.78 is 37.1. The highest BCUT2D eigenvalue weighted by Gasteiger charge is 2.54. The van der Waals surface area contributed by atoms with Crippen molar-refractivity contribution in [3.8, 4) is 11.5 Å². The molecule has 10 heteroatoms. The van der Waals surface area contributed by atoms with Crippen molar-refractivity contribution in [2.75, 3.05) is 20.8 Å². The van der Waals surface area contributed by atoms with Crippen molar-refractivity contribution in [2.45, 2.75) is 121 Å². The first kappa shape index (κ1) is 37.0. The molecule has 0 amide bonds. The Hall–Kier alpha value is -2.50. The van der Waals surface area contributed by atoms with Crippen molar-refractivity contribution in [3.05, 3.63) is 48.6 Å². The van der Waals surface area contributed by atoms with Crippen LogP contribution in [-0.4, -0.2) is 76.2 Å². The van der Waals surface area contributed by atoms with Crippen LogP contribution in [-0.2, 0) is 34.6 Å². The lowest BCUT2D eigenvalue weighted by Crippen LogP contribution is -2.55. The van der Waals surface area contributed by atoms with Crippen LogP contribution in [0.25, 0.3) is 0 Å². The molecule has 9 nitrogen and oxygen atoms in total. The monoisotopic (exact) mass is 646 g/mol. The number of carbonyl (C=O) groups is 2.